The highest BCUT2D eigenvalue weighted by atomic mass is 32.1. The van der Waals surface area contributed by atoms with E-state index in [1.807, 2.05) is 16.8 Å². The van der Waals surface area contributed by atoms with Gasteiger partial charge in [-0.25, -0.2) is 0 Å². The van der Waals surface area contributed by atoms with Crippen LogP contribution in [0.4, 0.5) is 0 Å². The summed E-state index contributed by atoms with van der Waals surface area (Å²) < 4.78 is 11.1. The van der Waals surface area contributed by atoms with E-state index < -0.39 is 0 Å². The zero-order valence-corrected chi connectivity index (χ0v) is 16.5. The van der Waals surface area contributed by atoms with Gasteiger partial charge < -0.3 is 19.3 Å². The van der Waals surface area contributed by atoms with E-state index in [1.165, 1.54) is 12.8 Å². The van der Waals surface area contributed by atoms with E-state index >= 15 is 0 Å². The number of hydrogen-bond donors (Lipinski definition) is 0. The van der Waals surface area contributed by atoms with Gasteiger partial charge in [-0.2, -0.15) is 11.3 Å². The van der Waals surface area contributed by atoms with Gasteiger partial charge in [-0.05, 0) is 55.6 Å². The van der Waals surface area contributed by atoms with Gasteiger partial charge in [-0.15, -0.1) is 0 Å². The largest absolute Gasteiger partial charge is 0.384 e. The average molecular weight is 379 g/mol. The summed E-state index contributed by atoms with van der Waals surface area (Å²) in [7, 11) is 1.79. The number of likely N-dealkylation sites (tertiary alicyclic amines) is 2. The lowest BCUT2D eigenvalue weighted by Gasteiger charge is -2.45. The second-order valence-corrected chi connectivity index (χ2v) is 8.87. The third-order valence-corrected chi connectivity index (χ3v) is 7.42. The predicted molar refractivity (Wildman–Crippen MR) is 103 cm³/mol. The van der Waals surface area contributed by atoms with Gasteiger partial charge in [0.2, 0.25) is 0 Å². The SMILES string of the molecule is COC[C@H]1CN(C(=O)c2ccsc2)CC12CCN(C1CCOCC1)CC2. The molecule has 3 saturated heterocycles. The van der Waals surface area contributed by atoms with E-state index in [1.54, 1.807) is 18.4 Å². The number of carbonyl (C=O) groups excluding carboxylic acids is 1. The molecule has 0 aliphatic carbocycles. The summed E-state index contributed by atoms with van der Waals surface area (Å²) in [6.07, 6.45) is 4.67. The van der Waals surface area contributed by atoms with Crippen LogP contribution in [0.25, 0.3) is 0 Å². The fraction of sp³-hybridized carbons (Fsp3) is 0.750. The topological polar surface area (TPSA) is 42.0 Å². The first-order valence-corrected chi connectivity index (χ1v) is 10.8. The third-order valence-electron chi connectivity index (χ3n) is 6.74. The fourth-order valence-corrected chi connectivity index (χ4v) is 5.77. The zero-order chi connectivity index (χ0) is 18.0. The van der Waals surface area contributed by atoms with Crippen molar-refractivity contribution in [2.24, 2.45) is 11.3 Å². The van der Waals surface area contributed by atoms with Gasteiger partial charge in [0.25, 0.3) is 5.91 Å². The summed E-state index contributed by atoms with van der Waals surface area (Å²) >= 11 is 1.59. The van der Waals surface area contributed by atoms with E-state index in [9.17, 15) is 4.79 Å². The van der Waals surface area contributed by atoms with Crippen molar-refractivity contribution in [2.45, 2.75) is 31.7 Å². The van der Waals surface area contributed by atoms with Crippen LogP contribution in [-0.2, 0) is 9.47 Å². The maximum absolute atomic E-state index is 12.9. The molecule has 26 heavy (non-hydrogen) atoms. The molecule has 4 heterocycles. The van der Waals surface area contributed by atoms with Crippen LogP contribution in [0.5, 0.6) is 0 Å². The molecule has 3 aliphatic rings. The van der Waals surface area contributed by atoms with Crippen LogP contribution in [0, 0.1) is 11.3 Å². The van der Waals surface area contributed by atoms with Crippen LogP contribution in [0.1, 0.15) is 36.0 Å². The van der Waals surface area contributed by atoms with Crippen molar-refractivity contribution < 1.29 is 14.3 Å². The Morgan fingerprint density at radius 2 is 2.12 bits per heavy atom. The molecule has 1 aromatic rings. The Kier molecular flexibility index (Phi) is 5.64. The van der Waals surface area contributed by atoms with Crippen LogP contribution >= 0.6 is 11.3 Å². The molecule has 1 spiro atoms. The number of rotatable bonds is 4. The quantitative estimate of drug-likeness (QED) is 0.808. The van der Waals surface area contributed by atoms with E-state index in [0.29, 0.717) is 12.0 Å². The van der Waals surface area contributed by atoms with Crippen LogP contribution in [0.2, 0.25) is 0 Å². The zero-order valence-electron chi connectivity index (χ0n) is 15.7. The molecular weight excluding hydrogens is 348 g/mol. The summed E-state index contributed by atoms with van der Waals surface area (Å²) in [6, 6.07) is 2.63. The predicted octanol–water partition coefficient (Wildman–Crippen LogP) is 2.73. The van der Waals surface area contributed by atoms with E-state index in [2.05, 4.69) is 9.80 Å². The molecule has 0 radical (unpaired) electrons. The van der Waals surface area contributed by atoms with Gasteiger partial charge in [0.05, 0.1) is 12.2 Å². The molecule has 0 aromatic carbocycles. The van der Waals surface area contributed by atoms with Crippen molar-refractivity contribution >= 4 is 17.2 Å². The lowest BCUT2D eigenvalue weighted by atomic mass is 9.71. The number of nitrogens with zero attached hydrogens (tertiary/aromatic N) is 2. The maximum Gasteiger partial charge on any atom is 0.254 e. The van der Waals surface area contributed by atoms with Crippen LogP contribution in [0.15, 0.2) is 16.8 Å². The molecule has 0 saturated carbocycles. The summed E-state index contributed by atoms with van der Waals surface area (Å²) in [5, 5.41) is 3.95. The first-order valence-electron chi connectivity index (χ1n) is 9.84. The Bertz CT molecular complexity index is 592. The second-order valence-electron chi connectivity index (χ2n) is 8.09. The molecule has 1 atom stereocenters. The molecule has 3 fully saturated rings. The molecule has 5 nitrogen and oxygen atoms in total. The molecule has 3 aliphatic heterocycles. The highest BCUT2D eigenvalue weighted by Gasteiger charge is 2.49. The Labute approximate surface area is 160 Å². The molecular formula is C20H30N2O3S. The third kappa shape index (κ3) is 3.57. The molecule has 144 valence electrons. The second kappa shape index (κ2) is 7.97. The van der Waals surface area contributed by atoms with Gasteiger partial charge in [0.1, 0.15) is 0 Å². The lowest BCUT2D eigenvalue weighted by molar-refractivity contribution is -0.0108. The molecule has 0 unspecified atom stereocenters. The Balaban J connectivity index is 1.43. The van der Waals surface area contributed by atoms with Crippen LogP contribution in [-0.4, -0.2) is 74.9 Å². The Hall–Kier alpha value is -0.950. The number of thiophene rings is 1. The molecule has 4 rings (SSSR count). The molecule has 1 aromatic heterocycles. The van der Waals surface area contributed by atoms with Crippen molar-refractivity contribution in [1.29, 1.82) is 0 Å². The number of methoxy groups -OCH3 is 1. The smallest absolute Gasteiger partial charge is 0.254 e. The van der Waals surface area contributed by atoms with Crippen molar-refractivity contribution in [3.8, 4) is 0 Å². The molecule has 1 amide bonds. The number of carbonyl (C=O) groups is 1. The van der Waals surface area contributed by atoms with Gasteiger partial charge in [0.15, 0.2) is 0 Å². The first kappa shape index (κ1) is 18.4. The standard InChI is InChI=1S/C20H30N2O3S/c1-24-13-17-12-22(19(23)16-4-11-26-14-16)15-20(17)5-7-21(8-6-20)18-2-9-25-10-3-18/h4,11,14,17-18H,2-3,5-10,12-13,15H2,1H3/t17-/m1/s1. The molecule has 0 N–H and O–H groups in total. The van der Waals surface area contributed by atoms with Crippen molar-refractivity contribution in [2.75, 3.05) is 53.1 Å². The van der Waals surface area contributed by atoms with E-state index in [-0.39, 0.29) is 11.3 Å². The van der Waals surface area contributed by atoms with Gasteiger partial charge in [0, 0.05) is 50.8 Å². The summed E-state index contributed by atoms with van der Waals surface area (Å²) in [5.74, 6) is 0.642. The Morgan fingerprint density at radius 3 is 2.77 bits per heavy atom. The highest BCUT2D eigenvalue weighted by molar-refractivity contribution is 7.08. The van der Waals surface area contributed by atoms with E-state index in [4.69, 9.17) is 9.47 Å². The number of hydrogen-bond acceptors (Lipinski definition) is 5. The summed E-state index contributed by atoms with van der Waals surface area (Å²) in [6.45, 7) is 6.57. The number of amides is 1. The first-order chi connectivity index (χ1) is 12.7. The monoisotopic (exact) mass is 378 g/mol. The molecule has 6 heteroatoms. The van der Waals surface area contributed by atoms with Crippen molar-refractivity contribution in [3.63, 3.8) is 0 Å². The van der Waals surface area contributed by atoms with Crippen LogP contribution < -0.4 is 0 Å². The van der Waals surface area contributed by atoms with Crippen molar-refractivity contribution in [1.82, 2.24) is 9.80 Å². The number of ether oxygens (including phenoxy) is 2. The van der Waals surface area contributed by atoms with Gasteiger partial charge in [-0.3, -0.25) is 4.79 Å². The minimum atomic E-state index is 0.191. The summed E-state index contributed by atoms with van der Waals surface area (Å²) in [5.41, 5.74) is 1.06. The average Bonchev–Trinajstić information content (AvgIpc) is 3.33. The Morgan fingerprint density at radius 1 is 1.35 bits per heavy atom. The minimum absolute atomic E-state index is 0.191. The van der Waals surface area contributed by atoms with E-state index in [0.717, 1.165) is 64.4 Å². The summed E-state index contributed by atoms with van der Waals surface area (Å²) in [4.78, 5) is 17.6. The van der Waals surface area contributed by atoms with Crippen LogP contribution in [0.3, 0.4) is 0 Å². The minimum Gasteiger partial charge on any atom is -0.384 e. The van der Waals surface area contributed by atoms with Gasteiger partial charge >= 0.3 is 0 Å². The fourth-order valence-electron chi connectivity index (χ4n) is 5.14. The molecule has 0 bridgehead atoms. The lowest BCUT2D eigenvalue weighted by Crippen LogP contribution is -2.50. The number of piperidine rings is 1. The highest BCUT2D eigenvalue weighted by Crippen LogP contribution is 2.45. The van der Waals surface area contributed by atoms with Crippen molar-refractivity contribution in [3.05, 3.63) is 22.4 Å². The maximum atomic E-state index is 12.9. The normalized spacial score (nSPS) is 27.3. The van der Waals surface area contributed by atoms with Gasteiger partial charge in [-0.1, -0.05) is 0 Å².